The van der Waals surface area contributed by atoms with Gasteiger partial charge in [0.2, 0.25) is 0 Å². The molecule has 4 fully saturated rings. The van der Waals surface area contributed by atoms with Gasteiger partial charge in [0.05, 0.1) is 17.6 Å². The van der Waals surface area contributed by atoms with Gasteiger partial charge in [0.25, 0.3) is 0 Å². The van der Waals surface area contributed by atoms with Crippen molar-refractivity contribution in [1.82, 2.24) is 19.8 Å². The zero-order chi connectivity index (χ0) is 37.9. The number of rotatable bonds is 9. The summed E-state index contributed by atoms with van der Waals surface area (Å²) in [6, 6.07) is 9.84. The standard InChI is InChI=1S/C41H48F3N5O5/c1-6-29-33(43)13-8-24-16-28(53-23-51-5)17-32(34(24)29)30-11-12-31-36(35(30)44)45-38(52-22-41-14-7-15-48(41)19-25(42)18-41)46-37(31)47-20-26-9-10-27(21-47)49(26)39(50)54-40(2,3)4/h8,11-13,16-17,25-27H,6-7,9-10,14-15,18-23H2,1-5H3/t25-,26?,27?,41+/m1/s1. The molecule has 54 heavy (non-hydrogen) atoms. The van der Waals surface area contributed by atoms with Crippen molar-refractivity contribution in [3.63, 3.8) is 0 Å². The monoisotopic (exact) mass is 747 g/mol. The third-order valence-corrected chi connectivity index (χ3v) is 11.5. The second-order valence-corrected chi connectivity index (χ2v) is 16.2. The number of aromatic nitrogens is 2. The quantitative estimate of drug-likeness (QED) is 0.159. The lowest BCUT2D eigenvalue weighted by Gasteiger charge is -2.42. The van der Waals surface area contributed by atoms with Crippen LogP contribution < -0.4 is 14.4 Å². The summed E-state index contributed by atoms with van der Waals surface area (Å²) in [6.07, 6.45) is 2.85. The normalized spacial score (nSPS) is 24.1. The number of hydrogen-bond donors (Lipinski definition) is 0. The number of hydrogen-bond acceptors (Lipinski definition) is 9. The average molecular weight is 748 g/mol. The van der Waals surface area contributed by atoms with Crippen LogP contribution in [0.4, 0.5) is 23.8 Å². The van der Waals surface area contributed by atoms with E-state index in [0.717, 1.165) is 32.2 Å². The molecule has 4 atom stereocenters. The van der Waals surface area contributed by atoms with Gasteiger partial charge >= 0.3 is 12.1 Å². The number of methoxy groups -OCH3 is 1. The molecule has 4 saturated heterocycles. The van der Waals surface area contributed by atoms with Crippen LogP contribution >= 0.6 is 0 Å². The van der Waals surface area contributed by atoms with Crippen molar-refractivity contribution < 1.29 is 36.9 Å². The fourth-order valence-corrected chi connectivity index (χ4v) is 9.23. The Kier molecular flexibility index (Phi) is 9.52. The first-order valence-corrected chi connectivity index (χ1v) is 19.0. The molecule has 4 aliphatic heterocycles. The first-order chi connectivity index (χ1) is 25.9. The number of carbonyl (C=O) groups excluding carboxylic acids is 1. The molecule has 0 saturated carbocycles. The van der Waals surface area contributed by atoms with Crippen LogP contribution in [0.2, 0.25) is 0 Å². The zero-order valence-electron chi connectivity index (χ0n) is 31.6. The molecule has 10 nitrogen and oxygen atoms in total. The van der Waals surface area contributed by atoms with E-state index in [2.05, 4.69) is 9.80 Å². The van der Waals surface area contributed by atoms with E-state index in [0.29, 0.717) is 71.3 Å². The molecular weight excluding hydrogens is 699 g/mol. The molecule has 0 N–H and O–H groups in total. The van der Waals surface area contributed by atoms with Crippen LogP contribution in [-0.2, 0) is 15.9 Å². The van der Waals surface area contributed by atoms with Gasteiger partial charge < -0.3 is 23.8 Å². The minimum atomic E-state index is -0.935. The second-order valence-electron chi connectivity index (χ2n) is 16.2. The number of aryl methyl sites for hydroxylation is 1. The van der Waals surface area contributed by atoms with E-state index in [-0.39, 0.29) is 54.5 Å². The van der Waals surface area contributed by atoms with Gasteiger partial charge in [0, 0.05) is 44.1 Å². The summed E-state index contributed by atoms with van der Waals surface area (Å²) in [6.45, 7) is 9.71. The highest BCUT2D eigenvalue weighted by Gasteiger charge is 2.50. The van der Waals surface area contributed by atoms with E-state index in [1.807, 2.05) is 32.6 Å². The van der Waals surface area contributed by atoms with E-state index < -0.39 is 23.1 Å². The predicted molar refractivity (Wildman–Crippen MR) is 200 cm³/mol. The van der Waals surface area contributed by atoms with Crippen molar-refractivity contribution in [2.24, 2.45) is 0 Å². The lowest BCUT2D eigenvalue weighted by Crippen LogP contribution is -2.57. The zero-order valence-corrected chi connectivity index (χ0v) is 31.6. The fraction of sp³-hybridized carbons (Fsp3) is 0.537. The Morgan fingerprint density at radius 3 is 2.50 bits per heavy atom. The highest BCUT2D eigenvalue weighted by Crippen LogP contribution is 2.43. The molecule has 0 aliphatic carbocycles. The maximum absolute atomic E-state index is 17.4. The molecule has 288 valence electrons. The molecule has 0 spiro atoms. The number of carbonyl (C=O) groups is 1. The minimum absolute atomic E-state index is 0.00123. The summed E-state index contributed by atoms with van der Waals surface area (Å²) in [5.41, 5.74) is 0.112. The Morgan fingerprint density at radius 1 is 1.00 bits per heavy atom. The molecule has 0 radical (unpaired) electrons. The molecule has 4 aliphatic rings. The first-order valence-electron chi connectivity index (χ1n) is 19.0. The number of benzene rings is 3. The number of nitrogens with zero attached hydrogens (tertiary/aromatic N) is 5. The SMILES string of the molecule is CCc1c(F)ccc2cc(OCOC)cc(-c3ccc4c(N5CC6CCC(C5)N6C(=O)OC(C)(C)C)nc(OC[C@@]56CCCN5C[C@H](F)C6)nc4c3F)c12. The summed E-state index contributed by atoms with van der Waals surface area (Å²) >= 11 is 0. The summed E-state index contributed by atoms with van der Waals surface area (Å²) < 4.78 is 70.4. The number of alkyl halides is 1. The molecule has 1 amide bonds. The molecular formula is C41H48F3N5O5. The largest absolute Gasteiger partial charge is 0.468 e. The van der Waals surface area contributed by atoms with Crippen molar-refractivity contribution in [1.29, 1.82) is 0 Å². The maximum atomic E-state index is 17.4. The van der Waals surface area contributed by atoms with Crippen LogP contribution in [-0.4, -0.2) is 102 Å². The highest BCUT2D eigenvalue weighted by atomic mass is 19.1. The third-order valence-electron chi connectivity index (χ3n) is 11.5. The number of anilines is 1. The predicted octanol–water partition coefficient (Wildman–Crippen LogP) is 7.82. The highest BCUT2D eigenvalue weighted by molar-refractivity contribution is 6.03. The third kappa shape index (κ3) is 6.56. The summed E-state index contributed by atoms with van der Waals surface area (Å²) in [5.74, 6) is -0.0418. The number of piperazine rings is 1. The van der Waals surface area contributed by atoms with Gasteiger partial charge in [-0.15, -0.1) is 0 Å². The van der Waals surface area contributed by atoms with Crippen LogP contribution in [0.3, 0.4) is 0 Å². The maximum Gasteiger partial charge on any atom is 0.410 e. The lowest BCUT2D eigenvalue weighted by molar-refractivity contribution is 0.0122. The van der Waals surface area contributed by atoms with Crippen molar-refractivity contribution in [3.8, 4) is 22.9 Å². The van der Waals surface area contributed by atoms with Gasteiger partial charge in [-0.05, 0) is 106 Å². The summed E-state index contributed by atoms with van der Waals surface area (Å²) in [5, 5.41) is 1.77. The van der Waals surface area contributed by atoms with Crippen molar-refractivity contribution in [2.75, 3.05) is 51.6 Å². The van der Waals surface area contributed by atoms with Crippen LogP contribution in [0.25, 0.3) is 32.8 Å². The van der Waals surface area contributed by atoms with Crippen LogP contribution in [0.5, 0.6) is 11.8 Å². The van der Waals surface area contributed by atoms with E-state index in [1.54, 1.807) is 30.3 Å². The average Bonchev–Trinajstić information content (AvgIpc) is 3.75. The van der Waals surface area contributed by atoms with Crippen molar-refractivity contribution >= 4 is 33.6 Å². The molecule has 2 unspecified atom stereocenters. The van der Waals surface area contributed by atoms with Gasteiger partial charge in [0.15, 0.2) is 12.6 Å². The van der Waals surface area contributed by atoms with Gasteiger partial charge in [-0.2, -0.15) is 9.97 Å². The van der Waals surface area contributed by atoms with Gasteiger partial charge in [-0.25, -0.2) is 18.0 Å². The Bertz CT molecular complexity index is 2080. The first kappa shape index (κ1) is 36.6. The van der Waals surface area contributed by atoms with Crippen LogP contribution in [0.1, 0.15) is 65.4 Å². The molecule has 1 aromatic heterocycles. The Morgan fingerprint density at radius 2 is 1.78 bits per heavy atom. The van der Waals surface area contributed by atoms with Gasteiger partial charge in [-0.3, -0.25) is 9.80 Å². The number of amides is 1. The summed E-state index contributed by atoms with van der Waals surface area (Å²) in [4.78, 5) is 29.0. The Balaban J connectivity index is 1.24. The number of ether oxygens (including phenoxy) is 4. The molecule has 3 aromatic carbocycles. The van der Waals surface area contributed by atoms with Gasteiger partial charge in [0.1, 0.15) is 41.3 Å². The van der Waals surface area contributed by atoms with Crippen LogP contribution in [0.15, 0.2) is 36.4 Å². The van der Waals surface area contributed by atoms with E-state index in [9.17, 15) is 9.18 Å². The van der Waals surface area contributed by atoms with E-state index in [1.165, 1.54) is 13.2 Å². The summed E-state index contributed by atoms with van der Waals surface area (Å²) in [7, 11) is 1.52. The fourth-order valence-electron chi connectivity index (χ4n) is 9.23. The smallest absolute Gasteiger partial charge is 0.410 e. The molecule has 8 rings (SSSR count). The topological polar surface area (TPSA) is 89.5 Å². The second kappa shape index (κ2) is 14.1. The minimum Gasteiger partial charge on any atom is -0.468 e. The van der Waals surface area contributed by atoms with Gasteiger partial charge in [-0.1, -0.05) is 19.1 Å². The lowest BCUT2D eigenvalue weighted by atomic mass is 9.92. The van der Waals surface area contributed by atoms with E-state index in [4.69, 9.17) is 28.9 Å². The Labute approximate surface area is 313 Å². The number of fused-ring (bicyclic) bond motifs is 5. The van der Waals surface area contributed by atoms with Crippen molar-refractivity contribution in [3.05, 3.63) is 53.6 Å². The van der Waals surface area contributed by atoms with E-state index >= 15 is 8.78 Å². The number of halogens is 3. The van der Waals surface area contributed by atoms with Crippen LogP contribution in [0, 0.1) is 11.6 Å². The van der Waals surface area contributed by atoms with Crippen molar-refractivity contribution in [2.45, 2.75) is 95.6 Å². The molecule has 13 heteroatoms. The molecule has 2 bridgehead atoms. The molecule has 5 heterocycles. The Hall–Kier alpha value is -4.36. The molecule has 4 aromatic rings.